The number of anilines is 2. The summed E-state index contributed by atoms with van der Waals surface area (Å²) in [5.74, 6) is 0.726. The molecule has 3 aliphatic rings. The van der Waals surface area contributed by atoms with Crippen LogP contribution in [-0.2, 0) is 9.47 Å². The SMILES string of the molecule is CNC(=O)Nc1ccc(-c2nc(N3CC4CCC(C3)O4)nc3c2cnn3C2CCOCC2)cc1. The highest BCUT2D eigenvalue weighted by molar-refractivity contribution is 5.93. The summed E-state index contributed by atoms with van der Waals surface area (Å²) in [6.45, 7) is 3.09. The van der Waals surface area contributed by atoms with Gasteiger partial charge in [-0.1, -0.05) is 12.1 Å². The molecule has 34 heavy (non-hydrogen) atoms. The van der Waals surface area contributed by atoms with Crippen LogP contribution in [0.3, 0.4) is 0 Å². The highest BCUT2D eigenvalue weighted by Crippen LogP contribution is 2.34. The maximum absolute atomic E-state index is 11.7. The van der Waals surface area contributed by atoms with Crippen molar-refractivity contribution in [3.05, 3.63) is 30.5 Å². The number of fused-ring (bicyclic) bond motifs is 3. The lowest BCUT2D eigenvalue weighted by Gasteiger charge is -2.32. The fourth-order valence-electron chi connectivity index (χ4n) is 5.16. The van der Waals surface area contributed by atoms with E-state index in [1.807, 2.05) is 30.5 Å². The third-order valence-electron chi connectivity index (χ3n) is 6.95. The second-order valence-corrected chi connectivity index (χ2v) is 9.19. The molecule has 5 heterocycles. The van der Waals surface area contributed by atoms with Gasteiger partial charge in [-0.05, 0) is 37.8 Å². The quantitative estimate of drug-likeness (QED) is 0.613. The largest absolute Gasteiger partial charge is 0.381 e. The van der Waals surface area contributed by atoms with E-state index in [0.717, 1.165) is 85.9 Å². The standard InChI is InChI=1S/C24H29N7O3/c1-25-24(32)27-16-4-2-15(3-5-16)21-20-12-26-31(17-8-10-33-11-9-17)22(20)29-23(28-21)30-13-18-6-7-19(14-30)34-18/h2-5,12,17-19H,6-11,13-14H2,1H3,(H2,25,27,32). The van der Waals surface area contributed by atoms with Crippen molar-refractivity contribution in [3.8, 4) is 11.3 Å². The molecule has 3 fully saturated rings. The minimum Gasteiger partial charge on any atom is -0.381 e. The van der Waals surface area contributed by atoms with Crippen LogP contribution < -0.4 is 15.5 Å². The van der Waals surface area contributed by atoms with Crippen molar-refractivity contribution in [2.24, 2.45) is 0 Å². The van der Waals surface area contributed by atoms with Gasteiger partial charge in [-0.3, -0.25) is 0 Å². The Kier molecular flexibility index (Phi) is 5.54. The smallest absolute Gasteiger partial charge is 0.318 e. The minimum absolute atomic E-state index is 0.247. The number of carbonyl (C=O) groups is 1. The highest BCUT2D eigenvalue weighted by Gasteiger charge is 2.35. The second-order valence-electron chi connectivity index (χ2n) is 9.19. The fraction of sp³-hybridized carbons (Fsp3) is 0.500. The Bertz CT molecular complexity index is 1180. The molecule has 3 saturated heterocycles. The summed E-state index contributed by atoms with van der Waals surface area (Å²) in [5.41, 5.74) is 3.39. The number of hydrogen-bond donors (Lipinski definition) is 2. The van der Waals surface area contributed by atoms with Crippen LogP contribution >= 0.6 is 0 Å². The van der Waals surface area contributed by atoms with Gasteiger partial charge in [0.2, 0.25) is 5.95 Å². The Hall–Kier alpha value is -3.24. The Morgan fingerprint density at radius 1 is 1.03 bits per heavy atom. The Morgan fingerprint density at radius 2 is 1.76 bits per heavy atom. The van der Waals surface area contributed by atoms with Crippen molar-refractivity contribution in [1.82, 2.24) is 25.1 Å². The van der Waals surface area contributed by atoms with Crippen molar-refractivity contribution in [2.45, 2.75) is 43.9 Å². The number of rotatable bonds is 4. The van der Waals surface area contributed by atoms with Gasteiger partial charge in [-0.2, -0.15) is 10.1 Å². The van der Waals surface area contributed by atoms with Crippen LogP contribution in [0.1, 0.15) is 31.7 Å². The topological polar surface area (TPSA) is 106 Å². The van der Waals surface area contributed by atoms with Crippen LogP contribution in [0.15, 0.2) is 30.5 Å². The minimum atomic E-state index is -0.251. The zero-order valence-electron chi connectivity index (χ0n) is 19.2. The third-order valence-corrected chi connectivity index (χ3v) is 6.95. The number of aromatic nitrogens is 4. The first-order valence-corrected chi connectivity index (χ1v) is 12.0. The van der Waals surface area contributed by atoms with Crippen molar-refractivity contribution in [3.63, 3.8) is 0 Å². The first-order valence-electron chi connectivity index (χ1n) is 12.0. The van der Waals surface area contributed by atoms with Gasteiger partial charge in [0.15, 0.2) is 5.65 Å². The summed E-state index contributed by atoms with van der Waals surface area (Å²) in [5, 5.41) is 11.0. The van der Waals surface area contributed by atoms with Crippen LogP contribution in [0.25, 0.3) is 22.3 Å². The number of benzene rings is 1. The average molecular weight is 464 g/mol. The van der Waals surface area contributed by atoms with Gasteiger partial charge in [0.25, 0.3) is 0 Å². The normalized spacial score (nSPS) is 22.8. The first kappa shape index (κ1) is 21.3. The maximum atomic E-state index is 11.7. The highest BCUT2D eigenvalue weighted by atomic mass is 16.5. The number of amides is 2. The molecule has 2 aromatic heterocycles. The summed E-state index contributed by atoms with van der Waals surface area (Å²) in [6.07, 6.45) is 6.41. The van der Waals surface area contributed by atoms with E-state index in [9.17, 15) is 4.79 Å². The Balaban J connectivity index is 1.42. The molecule has 178 valence electrons. The molecule has 0 radical (unpaired) electrons. The number of carbonyl (C=O) groups excluding carboxylic acids is 1. The van der Waals surface area contributed by atoms with E-state index in [-0.39, 0.29) is 24.3 Å². The van der Waals surface area contributed by atoms with Crippen LogP contribution in [0.5, 0.6) is 0 Å². The molecule has 1 aromatic carbocycles. The molecule has 0 spiro atoms. The van der Waals surface area contributed by atoms with Crippen molar-refractivity contribution in [2.75, 3.05) is 43.6 Å². The maximum Gasteiger partial charge on any atom is 0.318 e. The lowest BCUT2D eigenvalue weighted by Crippen LogP contribution is -2.43. The van der Waals surface area contributed by atoms with E-state index in [1.54, 1.807) is 7.05 Å². The molecule has 2 amide bonds. The van der Waals surface area contributed by atoms with Gasteiger partial charge < -0.3 is 25.0 Å². The summed E-state index contributed by atoms with van der Waals surface area (Å²) >= 11 is 0. The van der Waals surface area contributed by atoms with Crippen molar-refractivity contribution < 1.29 is 14.3 Å². The summed E-state index contributed by atoms with van der Waals surface area (Å²) in [4.78, 5) is 24.0. The molecular formula is C24H29N7O3. The second kappa shape index (κ2) is 8.84. The molecule has 2 atom stereocenters. The van der Waals surface area contributed by atoms with Crippen molar-refractivity contribution in [1.29, 1.82) is 0 Å². The average Bonchev–Trinajstić information content (AvgIpc) is 3.46. The third kappa shape index (κ3) is 3.97. The van der Waals surface area contributed by atoms with Gasteiger partial charge in [-0.15, -0.1) is 0 Å². The zero-order chi connectivity index (χ0) is 23.1. The Labute approximate surface area is 197 Å². The van der Waals surface area contributed by atoms with Gasteiger partial charge >= 0.3 is 6.03 Å². The van der Waals surface area contributed by atoms with Crippen LogP contribution in [0, 0.1) is 0 Å². The fourth-order valence-corrected chi connectivity index (χ4v) is 5.16. The van der Waals surface area contributed by atoms with Crippen LogP contribution in [-0.4, -0.2) is 71.3 Å². The molecule has 2 unspecified atom stereocenters. The van der Waals surface area contributed by atoms with Gasteiger partial charge in [-0.25, -0.2) is 14.5 Å². The molecule has 10 heteroatoms. The lowest BCUT2D eigenvalue weighted by atomic mass is 10.1. The van der Waals surface area contributed by atoms with Crippen LogP contribution in [0.2, 0.25) is 0 Å². The molecule has 6 rings (SSSR count). The molecular weight excluding hydrogens is 434 g/mol. The molecule has 2 N–H and O–H groups in total. The van der Waals surface area contributed by atoms with Crippen molar-refractivity contribution >= 4 is 28.7 Å². The zero-order valence-corrected chi connectivity index (χ0v) is 19.2. The molecule has 10 nitrogen and oxygen atoms in total. The van der Waals surface area contributed by atoms with Gasteiger partial charge in [0.1, 0.15) is 0 Å². The lowest BCUT2D eigenvalue weighted by molar-refractivity contribution is 0.0299. The predicted molar refractivity (Wildman–Crippen MR) is 128 cm³/mol. The first-order chi connectivity index (χ1) is 16.7. The van der Waals surface area contributed by atoms with E-state index in [2.05, 4.69) is 20.2 Å². The van der Waals surface area contributed by atoms with E-state index in [1.165, 1.54) is 0 Å². The number of ether oxygens (including phenoxy) is 2. The monoisotopic (exact) mass is 463 g/mol. The number of hydrogen-bond acceptors (Lipinski definition) is 7. The summed E-state index contributed by atoms with van der Waals surface area (Å²) in [7, 11) is 1.59. The molecule has 0 saturated carbocycles. The Morgan fingerprint density at radius 3 is 2.47 bits per heavy atom. The molecule has 3 aliphatic heterocycles. The van der Waals surface area contributed by atoms with Crippen LogP contribution in [0.4, 0.5) is 16.4 Å². The number of urea groups is 1. The molecule has 3 aromatic rings. The molecule has 0 aliphatic carbocycles. The summed E-state index contributed by atoms with van der Waals surface area (Å²) in [6, 6.07) is 7.74. The van der Waals surface area contributed by atoms with E-state index in [4.69, 9.17) is 24.5 Å². The number of nitrogens with zero attached hydrogens (tertiary/aromatic N) is 5. The van der Waals surface area contributed by atoms with Gasteiger partial charge in [0.05, 0.1) is 35.5 Å². The van der Waals surface area contributed by atoms with E-state index >= 15 is 0 Å². The van der Waals surface area contributed by atoms with E-state index in [0.29, 0.717) is 0 Å². The predicted octanol–water partition coefficient (Wildman–Crippen LogP) is 2.96. The van der Waals surface area contributed by atoms with E-state index < -0.39 is 0 Å². The number of nitrogens with one attached hydrogen (secondary N) is 2. The molecule has 2 bridgehead atoms. The number of morpholine rings is 1. The van der Waals surface area contributed by atoms with Gasteiger partial charge in [0, 0.05) is 44.6 Å². The summed E-state index contributed by atoms with van der Waals surface area (Å²) < 4.78 is 13.7.